The van der Waals surface area contributed by atoms with Crippen LogP contribution in [0.2, 0.25) is 0 Å². The third-order valence-corrected chi connectivity index (χ3v) is 3.47. The van der Waals surface area contributed by atoms with Crippen LogP contribution >= 0.6 is 0 Å². The number of amides is 1. The SMILES string of the molecule is NC(=O)CCC1COc2ccc3c(c21)CCO3. The molecule has 4 nitrogen and oxygen atoms in total. The zero-order valence-corrected chi connectivity index (χ0v) is 9.57. The minimum Gasteiger partial charge on any atom is -0.493 e. The molecule has 1 aromatic rings. The zero-order chi connectivity index (χ0) is 11.8. The van der Waals surface area contributed by atoms with E-state index in [0.29, 0.717) is 13.0 Å². The normalized spacial score (nSPS) is 20.4. The minimum atomic E-state index is -0.248. The van der Waals surface area contributed by atoms with Crippen molar-refractivity contribution in [1.29, 1.82) is 0 Å². The Kier molecular flexibility index (Phi) is 2.42. The van der Waals surface area contributed by atoms with E-state index in [1.807, 2.05) is 12.1 Å². The van der Waals surface area contributed by atoms with Gasteiger partial charge in [0.2, 0.25) is 5.91 Å². The number of carbonyl (C=O) groups is 1. The number of ether oxygens (including phenoxy) is 2. The first-order valence-corrected chi connectivity index (χ1v) is 5.95. The Hall–Kier alpha value is -1.71. The van der Waals surface area contributed by atoms with Crippen molar-refractivity contribution in [2.24, 2.45) is 5.73 Å². The van der Waals surface area contributed by atoms with Crippen LogP contribution in [0, 0.1) is 0 Å². The van der Waals surface area contributed by atoms with E-state index in [1.165, 1.54) is 11.1 Å². The number of primary amides is 1. The van der Waals surface area contributed by atoms with Crippen molar-refractivity contribution < 1.29 is 14.3 Å². The van der Waals surface area contributed by atoms with Crippen LogP contribution < -0.4 is 15.2 Å². The van der Waals surface area contributed by atoms with Crippen LogP contribution in [0.5, 0.6) is 11.5 Å². The molecule has 1 unspecified atom stereocenters. The van der Waals surface area contributed by atoms with Gasteiger partial charge in [-0.1, -0.05) is 0 Å². The Morgan fingerprint density at radius 2 is 2.18 bits per heavy atom. The fraction of sp³-hybridized carbons (Fsp3) is 0.462. The molecule has 1 atom stereocenters. The maximum atomic E-state index is 10.9. The van der Waals surface area contributed by atoms with Gasteiger partial charge >= 0.3 is 0 Å². The molecule has 1 amide bonds. The van der Waals surface area contributed by atoms with Gasteiger partial charge < -0.3 is 15.2 Å². The summed E-state index contributed by atoms with van der Waals surface area (Å²) < 4.78 is 11.2. The van der Waals surface area contributed by atoms with Gasteiger partial charge in [-0.15, -0.1) is 0 Å². The van der Waals surface area contributed by atoms with Gasteiger partial charge in [0.05, 0.1) is 13.2 Å². The highest BCUT2D eigenvalue weighted by Gasteiger charge is 2.30. The van der Waals surface area contributed by atoms with Crippen LogP contribution in [0.15, 0.2) is 12.1 Å². The molecule has 3 rings (SSSR count). The zero-order valence-electron chi connectivity index (χ0n) is 9.57. The van der Waals surface area contributed by atoms with Crippen LogP contribution in [-0.4, -0.2) is 19.1 Å². The summed E-state index contributed by atoms with van der Waals surface area (Å²) in [6.45, 7) is 1.40. The van der Waals surface area contributed by atoms with E-state index in [-0.39, 0.29) is 11.8 Å². The number of benzene rings is 1. The van der Waals surface area contributed by atoms with Gasteiger partial charge in [0.15, 0.2) is 0 Å². The molecule has 2 aliphatic rings. The number of carbonyl (C=O) groups excluding carboxylic acids is 1. The maximum Gasteiger partial charge on any atom is 0.217 e. The first-order valence-electron chi connectivity index (χ1n) is 5.95. The second-order valence-electron chi connectivity index (χ2n) is 4.57. The molecule has 0 spiro atoms. The van der Waals surface area contributed by atoms with Crippen molar-refractivity contribution >= 4 is 5.91 Å². The quantitative estimate of drug-likeness (QED) is 0.857. The highest BCUT2D eigenvalue weighted by atomic mass is 16.5. The van der Waals surface area contributed by atoms with Crippen molar-refractivity contribution in [2.75, 3.05) is 13.2 Å². The number of hydrogen-bond acceptors (Lipinski definition) is 3. The lowest BCUT2D eigenvalue weighted by Gasteiger charge is -2.10. The van der Waals surface area contributed by atoms with Crippen LogP contribution in [-0.2, 0) is 11.2 Å². The third kappa shape index (κ3) is 1.73. The van der Waals surface area contributed by atoms with E-state index in [0.717, 1.165) is 30.9 Å². The lowest BCUT2D eigenvalue weighted by atomic mass is 9.91. The Labute approximate surface area is 99.7 Å². The molecule has 4 heteroatoms. The van der Waals surface area contributed by atoms with Crippen LogP contribution in [0.1, 0.15) is 29.9 Å². The molecule has 17 heavy (non-hydrogen) atoms. The lowest BCUT2D eigenvalue weighted by Crippen LogP contribution is -2.13. The fourth-order valence-corrected chi connectivity index (χ4v) is 2.67. The van der Waals surface area contributed by atoms with Gasteiger partial charge in [-0.05, 0) is 18.6 Å². The molecule has 90 valence electrons. The van der Waals surface area contributed by atoms with Crippen molar-refractivity contribution in [2.45, 2.75) is 25.2 Å². The molecule has 2 heterocycles. The fourth-order valence-electron chi connectivity index (χ4n) is 2.67. The number of nitrogens with two attached hydrogens (primary N) is 1. The van der Waals surface area contributed by atoms with Crippen molar-refractivity contribution in [3.8, 4) is 11.5 Å². The first kappa shape index (κ1) is 10.4. The Morgan fingerprint density at radius 3 is 3.00 bits per heavy atom. The summed E-state index contributed by atoms with van der Waals surface area (Å²) in [7, 11) is 0. The van der Waals surface area contributed by atoms with Gasteiger partial charge in [-0.3, -0.25) is 4.79 Å². The molecule has 0 saturated carbocycles. The molecule has 0 fully saturated rings. The van der Waals surface area contributed by atoms with Gasteiger partial charge in [0, 0.05) is 29.9 Å². The predicted octanol–water partition coefficient (Wildman–Crippen LogP) is 1.36. The standard InChI is InChI=1S/C13H15NO3/c14-12(15)4-1-8-7-17-11-3-2-10-9(13(8)11)5-6-16-10/h2-3,8H,1,4-7H2,(H2,14,15). The topological polar surface area (TPSA) is 61.6 Å². The van der Waals surface area contributed by atoms with E-state index in [4.69, 9.17) is 15.2 Å². The molecule has 0 saturated heterocycles. The summed E-state index contributed by atoms with van der Waals surface area (Å²) in [6.07, 6.45) is 2.12. The van der Waals surface area contributed by atoms with Gasteiger partial charge in [0.25, 0.3) is 0 Å². The van der Waals surface area contributed by atoms with E-state index < -0.39 is 0 Å². The Morgan fingerprint density at radius 1 is 1.35 bits per heavy atom. The van der Waals surface area contributed by atoms with E-state index in [9.17, 15) is 4.79 Å². The van der Waals surface area contributed by atoms with Gasteiger partial charge in [-0.25, -0.2) is 0 Å². The lowest BCUT2D eigenvalue weighted by molar-refractivity contribution is -0.118. The van der Waals surface area contributed by atoms with Crippen molar-refractivity contribution in [3.05, 3.63) is 23.3 Å². The minimum absolute atomic E-state index is 0.248. The molecular weight excluding hydrogens is 218 g/mol. The molecule has 0 radical (unpaired) electrons. The summed E-state index contributed by atoms with van der Waals surface area (Å²) in [5, 5.41) is 0. The van der Waals surface area contributed by atoms with E-state index in [1.54, 1.807) is 0 Å². The summed E-state index contributed by atoms with van der Waals surface area (Å²) >= 11 is 0. The second-order valence-corrected chi connectivity index (χ2v) is 4.57. The summed E-state index contributed by atoms with van der Waals surface area (Å²) in [6, 6.07) is 3.93. The molecule has 0 aromatic heterocycles. The van der Waals surface area contributed by atoms with Gasteiger partial charge in [0.1, 0.15) is 11.5 Å². The summed E-state index contributed by atoms with van der Waals surface area (Å²) in [4.78, 5) is 10.9. The third-order valence-electron chi connectivity index (χ3n) is 3.47. The van der Waals surface area contributed by atoms with Crippen LogP contribution in [0.4, 0.5) is 0 Å². The summed E-state index contributed by atoms with van der Waals surface area (Å²) in [5.41, 5.74) is 7.69. The monoisotopic (exact) mass is 233 g/mol. The van der Waals surface area contributed by atoms with Gasteiger partial charge in [-0.2, -0.15) is 0 Å². The van der Waals surface area contributed by atoms with E-state index >= 15 is 0 Å². The number of rotatable bonds is 3. The molecule has 1 aromatic carbocycles. The summed E-state index contributed by atoms with van der Waals surface area (Å²) in [5.74, 6) is 1.96. The smallest absolute Gasteiger partial charge is 0.217 e. The Balaban J connectivity index is 1.90. The highest BCUT2D eigenvalue weighted by Crippen LogP contribution is 2.44. The molecule has 2 N–H and O–H groups in total. The number of fused-ring (bicyclic) bond motifs is 3. The van der Waals surface area contributed by atoms with E-state index in [2.05, 4.69) is 0 Å². The molecular formula is C13H15NO3. The van der Waals surface area contributed by atoms with Crippen LogP contribution in [0.25, 0.3) is 0 Å². The largest absolute Gasteiger partial charge is 0.493 e. The highest BCUT2D eigenvalue weighted by molar-refractivity contribution is 5.73. The molecule has 0 aliphatic carbocycles. The average Bonchev–Trinajstić information content (AvgIpc) is 2.91. The molecule has 0 bridgehead atoms. The number of hydrogen-bond donors (Lipinski definition) is 1. The Bertz CT molecular complexity index is 470. The van der Waals surface area contributed by atoms with Crippen molar-refractivity contribution in [1.82, 2.24) is 0 Å². The second kappa shape index (κ2) is 3.95. The van der Waals surface area contributed by atoms with Crippen LogP contribution in [0.3, 0.4) is 0 Å². The first-order chi connectivity index (χ1) is 8.25. The average molecular weight is 233 g/mol. The predicted molar refractivity (Wildman–Crippen MR) is 62.3 cm³/mol. The molecule has 2 aliphatic heterocycles. The maximum absolute atomic E-state index is 10.9. The van der Waals surface area contributed by atoms with Crippen molar-refractivity contribution in [3.63, 3.8) is 0 Å².